The maximum absolute atomic E-state index is 12.3. The summed E-state index contributed by atoms with van der Waals surface area (Å²) in [4.78, 5) is 1.03. The van der Waals surface area contributed by atoms with Crippen LogP contribution in [0.2, 0.25) is 0 Å². The molecule has 2 aromatic carbocycles. The Hall–Kier alpha value is -1.99. The molecule has 5 nitrogen and oxygen atoms in total. The minimum absolute atomic E-state index is 0.0409. The van der Waals surface area contributed by atoms with E-state index in [1.165, 1.54) is 13.2 Å². The number of hydrogen-bond acceptors (Lipinski definition) is 6. The molecule has 0 spiro atoms. The van der Waals surface area contributed by atoms with E-state index in [-0.39, 0.29) is 10.6 Å². The molecule has 0 saturated carbocycles. The van der Waals surface area contributed by atoms with Gasteiger partial charge in [-0.1, -0.05) is 35.5 Å². The minimum Gasteiger partial charge on any atom is -0.495 e. The number of fused-ring (bicyclic) bond motifs is 1. The molecule has 114 valence electrons. The van der Waals surface area contributed by atoms with Crippen molar-refractivity contribution in [3.8, 4) is 5.75 Å². The summed E-state index contributed by atoms with van der Waals surface area (Å²) in [5.41, 5.74) is 1.52. The average Bonchev–Trinajstić information content (AvgIpc) is 2.96. The Morgan fingerprint density at radius 2 is 1.82 bits per heavy atom. The van der Waals surface area contributed by atoms with Crippen LogP contribution in [0, 0.1) is 0 Å². The predicted octanol–water partition coefficient (Wildman–Crippen LogP) is 2.91. The van der Waals surface area contributed by atoms with Crippen LogP contribution in [0.4, 0.5) is 0 Å². The fraction of sp³-hybridized carbons (Fsp3) is 0.133. The molecule has 1 heterocycles. The fourth-order valence-corrected chi connectivity index (χ4v) is 4.02. The molecule has 0 bridgehead atoms. The number of hydrogen-bond donors (Lipinski definition) is 0. The maximum atomic E-state index is 12.3. The molecule has 0 saturated heterocycles. The van der Waals surface area contributed by atoms with E-state index < -0.39 is 10.1 Å². The molecule has 0 aromatic heterocycles. The van der Waals surface area contributed by atoms with E-state index in [0.717, 1.165) is 10.5 Å². The minimum atomic E-state index is -4.01. The number of ether oxygens (including phenoxy) is 1. The quantitative estimate of drug-likeness (QED) is 0.804. The Kier molecular flexibility index (Phi) is 4.08. The van der Waals surface area contributed by atoms with Gasteiger partial charge >= 0.3 is 10.1 Å². The van der Waals surface area contributed by atoms with E-state index in [9.17, 15) is 8.42 Å². The average molecular weight is 335 g/mol. The lowest BCUT2D eigenvalue weighted by molar-refractivity contribution is 0.333. The van der Waals surface area contributed by atoms with Gasteiger partial charge in [-0.15, -0.1) is 11.8 Å². The summed E-state index contributed by atoms with van der Waals surface area (Å²) in [7, 11) is -2.61. The molecule has 1 aliphatic heterocycles. The Morgan fingerprint density at radius 3 is 2.64 bits per heavy atom. The highest BCUT2D eigenvalue weighted by molar-refractivity contribution is 8.00. The molecule has 1 aliphatic rings. The second kappa shape index (κ2) is 6.02. The van der Waals surface area contributed by atoms with Gasteiger partial charge in [-0.05, 0) is 18.2 Å². The highest BCUT2D eigenvalue weighted by atomic mass is 32.2. The molecular weight excluding hydrogens is 322 g/mol. The number of methoxy groups -OCH3 is 1. The Bertz CT molecular complexity index is 831. The highest BCUT2D eigenvalue weighted by Crippen LogP contribution is 2.32. The fourth-order valence-electron chi connectivity index (χ4n) is 2.09. The summed E-state index contributed by atoms with van der Waals surface area (Å²) in [5, 5.41) is 3.84. The van der Waals surface area contributed by atoms with E-state index in [1.54, 1.807) is 30.0 Å². The molecule has 3 rings (SSSR count). The first-order valence-corrected chi connectivity index (χ1v) is 8.87. The van der Waals surface area contributed by atoms with Crippen molar-refractivity contribution in [1.29, 1.82) is 0 Å². The van der Waals surface area contributed by atoms with Gasteiger partial charge in [-0.2, -0.15) is 8.42 Å². The van der Waals surface area contributed by atoms with Crippen LogP contribution in [0.25, 0.3) is 0 Å². The van der Waals surface area contributed by atoms with E-state index in [0.29, 0.717) is 11.5 Å². The van der Waals surface area contributed by atoms with Gasteiger partial charge in [0.05, 0.1) is 7.11 Å². The smallest absolute Gasteiger partial charge is 0.362 e. The van der Waals surface area contributed by atoms with Gasteiger partial charge in [0.2, 0.25) is 0 Å². The van der Waals surface area contributed by atoms with Crippen molar-refractivity contribution in [1.82, 2.24) is 0 Å². The van der Waals surface area contributed by atoms with Gasteiger partial charge in [0.15, 0.2) is 0 Å². The van der Waals surface area contributed by atoms with Crippen molar-refractivity contribution in [3.05, 3.63) is 54.1 Å². The molecule has 22 heavy (non-hydrogen) atoms. The zero-order valence-corrected chi connectivity index (χ0v) is 13.4. The standard InChI is InChI=1S/C15H13NO4S2/c1-19-13-7-3-5-9-15(13)22(17,18)20-16-12-10-21-14-8-4-2-6-11(12)14/h2-9H,10H2,1H3. The van der Waals surface area contributed by atoms with Crippen molar-refractivity contribution >= 4 is 27.6 Å². The highest BCUT2D eigenvalue weighted by Gasteiger charge is 2.23. The molecule has 7 heteroatoms. The lowest BCUT2D eigenvalue weighted by atomic mass is 10.1. The van der Waals surface area contributed by atoms with Gasteiger partial charge in [-0.25, -0.2) is 0 Å². The summed E-state index contributed by atoms with van der Waals surface area (Å²) < 4.78 is 34.4. The first-order chi connectivity index (χ1) is 10.6. The number of oxime groups is 1. The number of benzene rings is 2. The van der Waals surface area contributed by atoms with Gasteiger partial charge in [-0.3, -0.25) is 4.28 Å². The molecule has 0 N–H and O–H groups in total. The molecule has 0 aliphatic carbocycles. The zero-order chi connectivity index (χ0) is 15.6. The van der Waals surface area contributed by atoms with Crippen molar-refractivity contribution < 1.29 is 17.4 Å². The second-order valence-corrected chi connectivity index (χ2v) is 7.02. The number of thioether (sulfide) groups is 1. The normalized spacial score (nSPS) is 15.6. The number of rotatable bonds is 4. The third kappa shape index (κ3) is 2.82. The molecule has 0 amide bonds. The molecule has 2 aromatic rings. The monoisotopic (exact) mass is 335 g/mol. The molecule has 0 atom stereocenters. The third-order valence-corrected chi connectivity index (χ3v) is 5.38. The molecule has 0 unspecified atom stereocenters. The van der Waals surface area contributed by atoms with Crippen LogP contribution in [0.1, 0.15) is 5.56 Å². The van der Waals surface area contributed by atoms with E-state index in [4.69, 9.17) is 9.02 Å². The van der Waals surface area contributed by atoms with Gasteiger partial charge in [0, 0.05) is 16.2 Å². The van der Waals surface area contributed by atoms with E-state index in [2.05, 4.69) is 5.16 Å². The Balaban J connectivity index is 1.89. The largest absolute Gasteiger partial charge is 0.495 e. The van der Waals surface area contributed by atoms with E-state index in [1.807, 2.05) is 24.3 Å². The van der Waals surface area contributed by atoms with Crippen LogP contribution in [0.15, 0.2) is 63.5 Å². The van der Waals surface area contributed by atoms with Crippen molar-refractivity contribution in [2.75, 3.05) is 12.9 Å². The summed E-state index contributed by atoms with van der Waals surface area (Å²) in [6.45, 7) is 0. The van der Waals surface area contributed by atoms with Crippen LogP contribution in [-0.4, -0.2) is 27.0 Å². The zero-order valence-electron chi connectivity index (χ0n) is 11.7. The number of para-hydroxylation sites is 1. The molecule has 0 radical (unpaired) electrons. The van der Waals surface area contributed by atoms with Crippen LogP contribution < -0.4 is 4.74 Å². The SMILES string of the molecule is COc1ccccc1S(=O)(=O)ON=C1CSc2ccccc21. The van der Waals surface area contributed by atoms with Crippen LogP contribution in [0.5, 0.6) is 5.75 Å². The lowest BCUT2D eigenvalue weighted by Gasteiger charge is -2.07. The summed E-state index contributed by atoms with van der Waals surface area (Å²) in [6.07, 6.45) is 0. The van der Waals surface area contributed by atoms with Crippen LogP contribution in [-0.2, 0) is 14.4 Å². The van der Waals surface area contributed by atoms with Crippen LogP contribution >= 0.6 is 11.8 Å². The first kappa shape index (κ1) is 14.9. The van der Waals surface area contributed by atoms with Gasteiger partial charge in [0.25, 0.3) is 0 Å². The molecular formula is C15H13NO4S2. The summed E-state index contributed by atoms with van der Waals surface area (Å²) in [5.74, 6) is 0.810. The summed E-state index contributed by atoms with van der Waals surface area (Å²) in [6, 6.07) is 14.0. The third-order valence-electron chi connectivity index (χ3n) is 3.15. The topological polar surface area (TPSA) is 65.0 Å². The second-order valence-electron chi connectivity index (χ2n) is 4.50. The van der Waals surface area contributed by atoms with E-state index >= 15 is 0 Å². The first-order valence-electron chi connectivity index (χ1n) is 6.47. The predicted molar refractivity (Wildman–Crippen MR) is 85.0 cm³/mol. The van der Waals surface area contributed by atoms with Gasteiger partial charge < -0.3 is 4.74 Å². The summed E-state index contributed by atoms with van der Waals surface area (Å²) >= 11 is 1.60. The van der Waals surface area contributed by atoms with Crippen molar-refractivity contribution in [3.63, 3.8) is 0 Å². The number of nitrogens with zero attached hydrogens (tertiary/aromatic N) is 1. The van der Waals surface area contributed by atoms with Crippen molar-refractivity contribution in [2.24, 2.45) is 5.16 Å². The Labute approximate surface area is 133 Å². The Morgan fingerprint density at radius 1 is 1.09 bits per heavy atom. The molecule has 0 fully saturated rings. The lowest BCUT2D eigenvalue weighted by Crippen LogP contribution is -2.08. The van der Waals surface area contributed by atoms with Gasteiger partial charge in [0.1, 0.15) is 16.4 Å². The van der Waals surface area contributed by atoms with Crippen LogP contribution in [0.3, 0.4) is 0 Å². The van der Waals surface area contributed by atoms with Crippen molar-refractivity contribution in [2.45, 2.75) is 9.79 Å². The maximum Gasteiger partial charge on any atom is 0.362 e.